The summed E-state index contributed by atoms with van der Waals surface area (Å²) in [4.78, 5) is 2.47. The smallest absolute Gasteiger partial charge is 0.0775 e. The second-order valence-corrected chi connectivity index (χ2v) is 8.61. The molecular formula is C27H31NO. The Morgan fingerprint density at radius 3 is 1.48 bits per heavy atom. The van der Waals surface area contributed by atoms with Crippen molar-refractivity contribution >= 4 is 0 Å². The highest BCUT2D eigenvalue weighted by Crippen LogP contribution is 2.52. The molecule has 1 saturated heterocycles. The monoisotopic (exact) mass is 385 g/mol. The van der Waals surface area contributed by atoms with E-state index in [1.807, 2.05) is 6.07 Å². The third kappa shape index (κ3) is 3.63. The van der Waals surface area contributed by atoms with Crippen molar-refractivity contribution in [2.75, 3.05) is 7.05 Å². The zero-order chi connectivity index (χ0) is 20.4. The van der Waals surface area contributed by atoms with Gasteiger partial charge in [0, 0.05) is 30.3 Å². The number of rotatable bonds is 4. The summed E-state index contributed by atoms with van der Waals surface area (Å²) in [6.07, 6.45) is 0.663. The zero-order valence-corrected chi connectivity index (χ0v) is 17.6. The lowest BCUT2D eigenvalue weighted by atomic mass is 9.63. The Kier molecular flexibility index (Phi) is 5.58. The standard InChI is InChI=1S/C27H31NO/c1-20-25(23-15-9-5-10-16-23)28(3)26(24-17-11-6-12-18-24)21(2)27(20,29)19-22-13-7-4-8-14-22/h4-18,20-21,25-26,29H,19H2,1-3H3/t20-,21-,25-,26+,27?/m1/s1. The molecule has 0 saturated carbocycles. The molecule has 1 unspecified atom stereocenters. The molecule has 1 N–H and O–H groups in total. The van der Waals surface area contributed by atoms with E-state index in [-0.39, 0.29) is 23.9 Å². The van der Waals surface area contributed by atoms with Crippen molar-refractivity contribution in [3.63, 3.8) is 0 Å². The maximum Gasteiger partial charge on any atom is 0.0775 e. The molecule has 1 fully saturated rings. The summed E-state index contributed by atoms with van der Waals surface area (Å²) < 4.78 is 0. The highest BCUT2D eigenvalue weighted by Gasteiger charge is 2.53. The Balaban J connectivity index is 1.81. The van der Waals surface area contributed by atoms with Crippen LogP contribution in [0, 0.1) is 11.8 Å². The fourth-order valence-corrected chi connectivity index (χ4v) is 5.43. The van der Waals surface area contributed by atoms with Crippen LogP contribution in [0.3, 0.4) is 0 Å². The maximum atomic E-state index is 12.2. The van der Waals surface area contributed by atoms with Gasteiger partial charge in [-0.25, -0.2) is 0 Å². The van der Waals surface area contributed by atoms with Crippen LogP contribution in [0.1, 0.15) is 42.6 Å². The van der Waals surface area contributed by atoms with Crippen LogP contribution < -0.4 is 0 Å². The van der Waals surface area contributed by atoms with E-state index in [4.69, 9.17) is 0 Å². The summed E-state index contributed by atoms with van der Waals surface area (Å²) in [6.45, 7) is 4.43. The van der Waals surface area contributed by atoms with Gasteiger partial charge in [0.05, 0.1) is 5.60 Å². The largest absolute Gasteiger partial charge is 0.389 e. The molecule has 0 aliphatic carbocycles. The molecule has 1 aliphatic heterocycles. The van der Waals surface area contributed by atoms with E-state index in [9.17, 15) is 5.11 Å². The molecule has 1 aliphatic rings. The van der Waals surface area contributed by atoms with Crippen LogP contribution in [0.5, 0.6) is 0 Å². The van der Waals surface area contributed by atoms with Gasteiger partial charge in [-0.2, -0.15) is 0 Å². The lowest BCUT2D eigenvalue weighted by molar-refractivity contribution is -0.154. The van der Waals surface area contributed by atoms with Crippen molar-refractivity contribution in [1.82, 2.24) is 4.90 Å². The number of likely N-dealkylation sites (tertiary alicyclic amines) is 1. The van der Waals surface area contributed by atoms with E-state index in [1.165, 1.54) is 16.7 Å². The summed E-state index contributed by atoms with van der Waals surface area (Å²) in [5, 5.41) is 12.2. The number of nitrogens with zero attached hydrogens (tertiary/aromatic N) is 1. The molecule has 5 atom stereocenters. The Morgan fingerprint density at radius 1 is 0.690 bits per heavy atom. The Labute approximate surface area is 174 Å². The molecule has 0 spiro atoms. The van der Waals surface area contributed by atoms with E-state index >= 15 is 0 Å². The highest BCUT2D eigenvalue weighted by atomic mass is 16.3. The quantitative estimate of drug-likeness (QED) is 0.626. The van der Waals surface area contributed by atoms with Gasteiger partial charge in [-0.05, 0) is 23.7 Å². The summed E-state index contributed by atoms with van der Waals surface area (Å²) in [7, 11) is 2.21. The van der Waals surface area contributed by atoms with Crippen molar-refractivity contribution in [2.24, 2.45) is 11.8 Å². The minimum atomic E-state index is -0.811. The fraction of sp³-hybridized carbons (Fsp3) is 0.333. The van der Waals surface area contributed by atoms with Crippen LogP contribution in [-0.2, 0) is 6.42 Å². The Morgan fingerprint density at radius 2 is 1.07 bits per heavy atom. The first-order valence-corrected chi connectivity index (χ1v) is 10.6. The van der Waals surface area contributed by atoms with Crippen LogP contribution in [0.2, 0.25) is 0 Å². The van der Waals surface area contributed by atoms with E-state index < -0.39 is 5.60 Å². The highest BCUT2D eigenvalue weighted by molar-refractivity contribution is 5.29. The van der Waals surface area contributed by atoms with Crippen LogP contribution in [0.4, 0.5) is 0 Å². The van der Waals surface area contributed by atoms with Crippen molar-refractivity contribution in [1.29, 1.82) is 0 Å². The Bertz CT molecular complexity index is 856. The predicted molar refractivity (Wildman–Crippen MR) is 120 cm³/mol. The molecule has 29 heavy (non-hydrogen) atoms. The average Bonchev–Trinajstić information content (AvgIpc) is 2.75. The molecule has 0 aromatic heterocycles. The van der Waals surface area contributed by atoms with Gasteiger partial charge in [0.2, 0.25) is 0 Å². The van der Waals surface area contributed by atoms with E-state index in [0.29, 0.717) is 6.42 Å². The molecule has 3 aromatic rings. The Hall–Kier alpha value is -2.42. The molecular weight excluding hydrogens is 354 g/mol. The average molecular weight is 386 g/mol. The van der Waals surface area contributed by atoms with Gasteiger partial charge in [0.1, 0.15) is 0 Å². The van der Waals surface area contributed by atoms with Gasteiger partial charge >= 0.3 is 0 Å². The first kappa shape index (κ1) is 19.9. The SMILES string of the molecule is C[C@@H]1[C@@H](c2ccccc2)N(C)[C@@H](c2ccccc2)[C@@H](C)C1(O)Cc1ccccc1. The second-order valence-electron chi connectivity index (χ2n) is 8.61. The third-order valence-corrected chi connectivity index (χ3v) is 7.01. The summed E-state index contributed by atoms with van der Waals surface area (Å²) in [5.74, 6) is 0.176. The number of piperidine rings is 1. The molecule has 0 bridgehead atoms. The van der Waals surface area contributed by atoms with Gasteiger partial charge in [-0.3, -0.25) is 4.90 Å². The minimum absolute atomic E-state index is 0.0880. The molecule has 1 heterocycles. The van der Waals surface area contributed by atoms with Crippen LogP contribution >= 0.6 is 0 Å². The second kappa shape index (κ2) is 8.14. The van der Waals surface area contributed by atoms with Gasteiger partial charge < -0.3 is 5.11 Å². The van der Waals surface area contributed by atoms with Crippen molar-refractivity contribution < 1.29 is 5.11 Å². The number of aliphatic hydroxyl groups is 1. The van der Waals surface area contributed by atoms with Crippen LogP contribution in [0.25, 0.3) is 0 Å². The van der Waals surface area contributed by atoms with Gasteiger partial charge in [0.25, 0.3) is 0 Å². The molecule has 3 aromatic carbocycles. The minimum Gasteiger partial charge on any atom is -0.389 e. The summed E-state index contributed by atoms with van der Waals surface area (Å²) >= 11 is 0. The predicted octanol–water partition coefficient (Wildman–Crippen LogP) is 5.66. The van der Waals surface area contributed by atoms with Crippen molar-refractivity contribution in [3.8, 4) is 0 Å². The number of hydrogen-bond acceptors (Lipinski definition) is 2. The maximum absolute atomic E-state index is 12.2. The number of benzene rings is 3. The normalized spacial score (nSPS) is 30.2. The van der Waals surface area contributed by atoms with Crippen LogP contribution in [0.15, 0.2) is 91.0 Å². The molecule has 2 heteroatoms. The van der Waals surface area contributed by atoms with Gasteiger partial charge in [-0.15, -0.1) is 0 Å². The first-order chi connectivity index (χ1) is 14.0. The fourth-order valence-electron chi connectivity index (χ4n) is 5.43. The summed E-state index contributed by atoms with van der Waals surface area (Å²) in [5.41, 5.74) is 2.91. The van der Waals surface area contributed by atoms with Crippen molar-refractivity contribution in [3.05, 3.63) is 108 Å². The molecule has 4 rings (SSSR count). The first-order valence-electron chi connectivity index (χ1n) is 10.6. The van der Waals surface area contributed by atoms with Crippen molar-refractivity contribution in [2.45, 2.75) is 38.0 Å². The lowest BCUT2D eigenvalue weighted by Gasteiger charge is -2.56. The zero-order valence-electron chi connectivity index (χ0n) is 17.6. The number of hydrogen-bond donors (Lipinski definition) is 1. The molecule has 2 nitrogen and oxygen atoms in total. The van der Waals surface area contributed by atoms with Gasteiger partial charge in [-0.1, -0.05) is 105 Å². The molecule has 150 valence electrons. The van der Waals surface area contributed by atoms with E-state index in [2.05, 4.69) is 111 Å². The van der Waals surface area contributed by atoms with Crippen LogP contribution in [-0.4, -0.2) is 22.7 Å². The lowest BCUT2D eigenvalue weighted by Crippen LogP contribution is -2.59. The van der Waals surface area contributed by atoms with E-state index in [0.717, 1.165) is 0 Å². The topological polar surface area (TPSA) is 23.5 Å². The summed E-state index contributed by atoms with van der Waals surface area (Å²) in [6, 6.07) is 32.0. The van der Waals surface area contributed by atoms with Gasteiger partial charge in [0.15, 0.2) is 0 Å². The van der Waals surface area contributed by atoms with E-state index in [1.54, 1.807) is 0 Å². The molecule has 0 amide bonds. The third-order valence-electron chi connectivity index (χ3n) is 7.01. The molecule has 0 radical (unpaired) electrons.